The van der Waals surface area contributed by atoms with Gasteiger partial charge in [-0.15, -0.1) is 0 Å². The van der Waals surface area contributed by atoms with Crippen molar-refractivity contribution >= 4 is 0 Å². The molecule has 0 aliphatic heterocycles. The van der Waals surface area contributed by atoms with Crippen LogP contribution in [0.15, 0.2) is 29.0 Å². The van der Waals surface area contributed by atoms with Crippen molar-refractivity contribution in [3.8, 4) is 0 Å². The van der Waals surface area contributed by atoms with E-state index in [-0.39, 0.29) is 0 Å². The van der Waals surface area contributed by atoms with E-state index in [4.69, 9.17) is 4.52 Å². The van der Waals surface area contributed by atoms with Crippen molar-refractivity contribution in [3.05, 3.63) is 41.8 Å². The fraction of sp³-hybridized carbons (Fsp3) is 0.562. The summed E-state index contributed by atoms with van der Waals surface area (Å²) in [7, 11) is 0. The Labute approximate surface area is 125 Å². The van der Waals surface area contributed by atoms with Gasteiger partial charge >= 0.3 is 0 Å². The van der Waals surface area contributed by atoms with Gasteiger partial charge in [0.15, 0.2) is 5.82 Å². The summed E-state index contributed by atoms with van der Waals surface area (Å²) >= 11 is 0. The number of aromatic nitrogens is 3. The average molecular weight is 286 g/mol. The van der Waals surface area contributed by atoms with Gasteiger partial charge in [0.1, 0.15) is 0 Å². The predicted octanol–water partition coefficient (Wildman–Crippen LogP) is 2.69. The van der Waals surface area contributed by atoms with E-state index >= 15 is 0 Å². The maximum Gasteiger partial charge on any atom is 0.229 e. The Balaban J connectivity index is 1.58. The minimum Gasteiger partial charge on any atom is -0.339 e. The van der Waals surface area contributed by atoms with E-state index in [0.717, 1.165) is 36.7 Å². The lowest BCUT2D eigenvalue weighted by molar-refractivity contribution is 0.284. The molecule has 0 amide bonds. The van der Waals surface area contributed by atoms with E-state index in [9.17, 15) is 0 Å². The van der Waals surface area contributed by atoms with Crippen molar-refractivity contribution in [1.29, 1.82) is 0 Å². The van der Waals surface area contributed by atoms with Gasteiger partial charge in [0.25, 0.3) is 0 Å². The van der Waals surface area contributed by atoms with Crippen LogP contribution in [0.3, 0.4) is 0 Å². The monoisotopic (exact) mass is 286 g/mol. The molecule has 2 heterocycles. The summed E-state index contributed by atoms with van der Waals surface area (Å²) in [6.07, 6.45) is 8.95. The highest BCUT2D eigenvalue weighted by Crippen LogP contribution is 2.31. The number of hydrogen-bond acceptors (Lipinski definition) is 5. The summed E-state index contributed by atoms with van der Waals surface area (Å²) in [5.41, 5.74) is 1.11. The molecule has 0 unspecified atom stereocenters. The first-order valence-electron chi connectivity index (χ1n) is 7.80. The lowest BCUT2D eigenvalue weighted by Crippen LogP contribution is -2.32. The normalized spacial score (nSPS) is 22.3. The molecule has 1 aliphatic rings. The first-order valence-corrected chi connectivity index (χ1v) is 7.80. The standard InChI is InChI=1S/C16H22N4O/c1-2-18-14-7-5-13(6-8-14)16-19-15(20-21-16)10-12-4-3-9-17-11-12/h3-4,9,11,13-14,18H,2,5-8,10H2,1H3. The molecular weight excluding hydrogens is 264 g/mol. The zero-order chi connectivity index (χ0) is 14.5. The van der Waals surface area contributed by atoms with Crippen molar-refractivity contribution < 1.29 is 4.52 Å². The Morgan fingerprint density at radius 2 is 2.14 bits per heavy atom. The third kappa shape index (κ3) is 3.67. The fourth-order valence-corrected chi connectivity index (χ4v) is 3.02. The van der Waals surface area contributed by atoms with Gasteiger partial charge in [-0.3, -0.25) is 4.98 Å². The van der Waals surface area contributed by atoms with Gasteiger partial charge in [-0.25, -0.2) is 0 Å². The van der Waals surface area contributed by atoms with Crippen LogP contribution in [0, 0.1) is 0 Å². The second-order valence-corrected chi connectivity index (χ2v) is 5.69. The van der Waals surface area contributed by atoms with Gasteiger partial charge in [0.05, 0.1) is 0 Å². The quantitative estimate of drug-likeness (QED) is 0.915. The summed E-state index contributed by atoms with van der Waals surface area (Å²) < 4.78 is 5.47. The lowest BCUT2D eigenvalue weighted by Gasteiger charge is -2.26. The largest absolute Gasteiger partial charge is 0.339 e. The molecule has 0 aromatic carbocycles. The predicted molar refractivity (Wildman–Crippen MR) is 80.0 cm³/mol. The minimum absolute atomic E-state index is 0.426. The number of nitrogens with zero attached hydrogens (tertiary/aromatic N) is 3. The second-order valence-electron chi connectivity index (χ2n) is 5.69. The van der Waals surface area contributed by atoms with Crippen LogP contribution in [0.1, 0.15) is 55.8 Å². The van der Waals surface area contributed by atoms with Gasteiger partial charge in [-0.05, 0) is 43.9 Å². The first-order chi connectivity index (χ1) is 10.3. The summed E-state index contributed by atoms with van der Waals surface area (Å²) in [4.78, 5) is 8.68. The van der Waals surface area contributed by atoms with Crippen molar-refractivity contribution in [2.24, 2.45) is 0 Å². The molecule has 2 aromatic heterocycles. The third-order valence-electron chi connectivity index (χ3n) is 4.14. The van der Waals surface area contributed by atoms with Crippen LogP contribution >= 0.6 is 0 Å². The molecule has 0 atom stereocenters. The molecule has 0 spiro atoms. The Morgan fingerprint density at radius 3 is 2.86 bits per heavy atom. The van der Waals surface area contributed by atoms with Crippen LogP contribution in [-0.4, -0.2) is 27.7 Å². The highest BCUT2D eigenvalue weighted by molar-refractivity contribution is 5.14. The fourth-order valence-electron chi connectivity index (χ4n) is 3.02. The highest BCUT2D eigenvalue weighted by atomic mass is 16.5. The molecule has 2 aromatic rings. The zero-order valence-electron chi connectivity index (χ0n) is 12.5. The lowest BCUT2D eigenvalue weighted by atomic mass is 9.86. The smallest absolute Gasteiger partial charge is 0.229 e. The van der Waals surface area contributed by atoms with E-state index in [0.29, 0.717) is 18.4 Å². The van der Waals surface area contributed by atoms with E-state index in [2.05, 4.69) is 27.4 Å². The van der Waals surface area contributed by atoms with Crippen LogP contribution in [0.25, 0.3) is 0 Å². The Hall–Kier alpha value is -1.75. The maximum absolute atomic E-state index is 5.47. The topological polar surface area (TPSA) is 63.8 Å². The van der Waals surface area contributed by atoms with Crippen molar-refractivity contribution in [2.45, 2.75) is 51.0 Å². The molecule has 1 N–H and O–H groups in total. The molecule has 1 saturated carbocycles. The van der Waals surface area contributed by atoms with Crippen molar-refractivity contribution in [3.63, 3.8) is 0 Å². The molecule has 5 heteroatoms. The van der Waals surface area contributed by atoms with Crippen molar-refractivity contribution in [2.75, 3.05) is 6.54 Å². The molecule has 112 valence electrons. The zero-order valence-corrected chi connectivity index (χ0v) is 12.5. The number of hydrogen-bond donors (Lipinski definition) is 1. The van der Waals surface area contributed by atoms with Crippen LogP contribution in [0.4, 0.5) is 0 Å². The molecule has 0 saturated heterocycles. The minimum atomic E-state index is 0.426. The molecule has 5 nitrogen and oxygen atoms in total. The summed E-state index contributed by atoms with van der Waals surface area (Å²) in [6, 6.07) is 4.62. The van der Waals surface area contributed by atoms with E-state index in [1.807, 2.05) is 18.3 Å². The van der Waals surface area contributed by atoms with Gasteiger partial charge in [0, 0.05) is 30.8 Å². The third-order valence-corrected chi connectivity index (χ3v) is 4.14. The van der Waals surface area contributed by atoms with Crippen molar-refractivity contribution in [1.82, 2.24) is 20.4 Å². The molecule has 0 bridgehead atoms. The summed E-state index contributed by atoms with van der Waals surface area (Å²) in [5.74, 6) is 1.99. The van der Waals surface area contributed by atoms with Gasteiger partial charge in [-0.1, -0.05) is 18.1 Å². The van der Waals surface area contributed by atoms with Gasteiger partial charge < -0.3 is 9.84 Å². The highest BCUT2D eigenvalue weighted by Gasteiger charge is 2.25. The second kappa shape index (κ2) is 6.80. The number of pyridine rings is 1. The van der Waals surface area contributed by atoms with Gasteiger partial charge in [-0.2, -0.15) is 4.98 Å². The Bertz CT molecular complexity index is 546. The maximum atomic E-state index is 5.47. The van der Waals surface area contributed by atoms with Crippen LogP contribution < -0.4 is 5.32 Å². The first kappa shape index (κ1) is 14.2. The number of nitrogens with one attached hydrogen (secondary N) is 1. The molecule has 21 heavy (non-hydrogen) atoms. The van der Waals surface area contributed by atoms with Crippen LogP contribution in [-0.2, 0) is 6.42 Å². The van der Waals surface area contributed by atoms with Crippen LogP contribution in [0.2, 0.25) is 0 Å². The van der Waals surface area contributed by atoms with Gasteiger partial charge in [0.2, 0.25) is 5.89 Å². The SMILES string of the molecule is CCNC1CCC(c2nc(Cc3cccnc3)no2)CC1. The molecule has 1 aliphatic carbocycles. The molecular formula is C16H22N4O. The van der Waals surface area contributed by atoms with Crippen LogP contribution in [0.5, 0.6) is 0 Å². The van der Waals surface area contributed by atoms with E-state index in [1.165, 1.54) is 12.8 Å². The molecule has 1 fully saturated rings. The summed E-state index contributed by atoms with van der Waals surface area (Å²) in [6.45, 7) is 3.21. The van der Waals surface area contributed by atoms with E-state index < -0.39 is 0 Å². The Kier molecular flexibility index (Phi) is 4.60. The Morgan fingerprint density at radius 1 is 1.29 bits per heavy atom. The van der Waals surface area contributed by atoms with E-state index in [1.54, 1.807) is 6.20 Å². The number of rotatable bonds is 5. The average Bonchev–Trinajstić information content (AvgIpc) is 2.98. The summed E-state index contributed by atoms with van der Waals surface area (Å²) in [5, 5.41) is 7.63. The molecule has 0 radical (unpaired) electrons. The molecule has 3 rings (SSSR count).